The standard InChI is InChI=1S/C27H33N5O2Si/c1-27(2,3)35(4,5)34-16-15-29-26-31-24-22(25(33)32-26)18-23(30-24)20-13-14-28-21(17-20)12-11-19-9-7-6-8-10-19/h6-14,17-18H,15-16H2,1-5H3,(H3,29,30,31,32,33). The van der Waals surface area contributed by atoms with E-state index < -0.39 is 8.32 Å². The molecular weight excluding hydrogens is 454 g/mol. The van der Waals surface area contributed by atoms with Gasteiger partial charge in [0.1, 0.15) is 5.65 Å². The topological polar surface area (TPSA) is 95.7 Å². The number of nitrogens with zero attached hydrogens (tertiary/aromatic N) is 2. The smallest absolute Gasteiger partial charge is 0.261 e. The predicted molar refractivity (Wildman–Crippen MR) is 147 cm³/mol. The van der Waals surface area contributed by atoms with E-state index in [-0.39, 0.29) is 10.6 Å². The summed E-state index contributed by atoms with van der Waals surface area (Å²) in [6, 6.07) is 15.8. The van der Waals surface area contributed by atoms with Gasteiger partial charge in [-0.3, -0.25) is 14.8 Å². The van der Waals surface area contributed by atoms with Crippen LogP contribution in [-0.2, 0) is 4.43 Å². The molecule has 0 fully saturated rings. The SMILES string of the molecule is CC(C)(C)[Si](C)(C)OCCNc1nc2[nH]c(-c3ccnc(C=Cc4ccccc4)c3)cc2c(=O)[nH]1. The molecule has 0 unspecified atom stereocenters. The highest BCUT2D eigenvalue weighted by Gasteiger charge is 2.36. The molecular formula is C27H33N5O2Si. The number of hydrogen-bond donors (Lipinski definition) is 3. The van der Waals surface area contributed by atoms with Crippen LogP contribution in [0.15, 0.2) is 59.5 Å². The van der Waals surface area contributed by atoms with Gasteiger partial charge in [0.2, 0.25) is 5.95 Å². The van der Waals surface area contributed by atoms with Crippen LogP contribution in [0.2, 0.25) is 18.1 Å². The summed E-state index contributed by atoms with van der Waals surface area (Å²) in [4.78, 5) is 27.8. The molecule has 4 aromatic rings. The summed E-state index contributed by atoms with van der Waals surface area (Å²) >= 11 is 0. The summed E-state index contributed by atoms with van der Waals surface area (Å²) in [5, 5.41) is 3.85. The number of fused-ring (bicyclic) bond motifs is 1. The number of H-pyrrole nitrogens is 2. The van der Waals surface area contributed by atoms with Crippen LogP contribution < -0.4 is 10.9 Å². The fraction of sp³-hybridized carbons (Fsp3) is 0.296. The van der Waals surface area contributed by atoms with Gasteiger partial charge in [-0.1, -0.05) is 57.2 Å². The molecule has 3 N–H and O–H groups in total. The largest absolute Gasteiger partial charge is 0.415 e. The van der Waals surface area contributed by atoms with Crippen LogP contribution >= 0.6 is 0 Å². The second-order valence-electron chi connectivity index (χ2n) is 10.1. The fourth-order valence-electron chi connectivity index (χ4n) is 3.40. The van der Waals surface area contributed by atoms with E-state index >= 15 is 0 Å². The molecule has 0 atom stereocenters. The van der Waals surface area contributed by atoms with Gasteiger partial charge in [-0.25, -0.2) is 0 Å². The molecule has 7 nitrogen and oxygen atoms in total. The van der Waals surface area contributed by atoms with Crippen molar-refractivity contribution in [1.82, 2.24) is 19.9 Å². The van der Waals surface area contributed by atoms with Gasteiger partial charge in [-0.2, -0.15) is 4.98 Å². The van der Waals surface area contributed by atoms with Gasteiger partial charge in [-0.15, -0.1) is 0 Å². The zero-order valence-electron chi connectivity index (χ0n) is 21.0. The lowest BCUT2D eigenvalue weighted by atomic mass is 10.1. The molecule has 0 aliphatic heterocycles. The van der Waals surface area contributed by atoms with E-state index in [2.05, 4.69) is 59.1 Å². The van der Waals surface area contributed by atoms with Crippen molar-refractivity contribution in [2.24, 2.45) is 0 Å². The summed E-state index contributed by atoms with van der Waals surface area (Å²) in [5.41, 5.74) is 4.03. The second kappa shape index (κ2) is 10.0. The Balaban J connectivity index is 1.48. The lowest BCUT2D eigenvalue weighted by Gasteiger charge is -2.36. The average molecular weight is 488 g/mol. The van der Waals surface area contributed by atoms with Gasteiger partial charge < -0.3 is 14.7 Å². The predicted octanol–water partition coefficient (Wildman–Crippen LogP) is 5.92. The van der Waals surface area contributed by atoms with Crippen molar-refractivity contribution in [1.29, 1.82) is 0 Å². The highest BCUT2D eigenvalue weighted by Crippen LogP contribution is 2.36. The molecule has 0 amide bonds. The first kappa shape index (κ1) is 24.6. The number of rotatable bonds is 8. The summed E-state index contributed by atoms with van der Waals surface area (Å²) in [5.74, 6) is 0.427. The Hall–Kier alpha value is -3.49. The van der Waals surface area contributed by atoms with E-state index in [1.54, 1.807) is 6.20 Å². The maximum atomic E-state index is 12.7. The van der Waals surface area contributed by atoms with Crippen molar-refractivity contribution in [3.63, 3.8) is 0 Å². The highest BCUT2D eigenvalue weighted by atomic mass is 28.4. The molecule has 0 saturated carbocycles. The third-order valence-electron chi connectivity index (χ3n) is 6.50. The number of hydrogen-bond acceptors (Lipinski definition) is 5. The molecule has 0 saturated heterocycles. The van der Waals surface area contributed by atoms with Gasteiger partial charge in [0, 0.05) is 24.0 Å². The Morgan fingerprint density at radius 2 is 1.83 bits per heavy atom. The molecule has 0 radical (unpaired) electrons. The first-order chi connectivity index (χ1) is 16.6. The van der Waals surface area contributed by atoms with Crippen molar-refractivity contribution >= 4 is 37.5 Å². The zero-order valence-corrected chi connectivity index (χ0v) is 22.0. The van der Waals surface area contributed by atoms with Crippen molar-refractivity contribution < 1.29 is 4.43 Å². The molecule has 0 aliphatic rings. The van der Waals surface area contributed by atoms with Crippen molar-refractivity contribution in [2.75, 3.05) is 18.5 Å². The van der Waals surface area contributed by atoms with Gasteiger partial charge in [0.25, 0.3) is 5.56 Å². The highest BCUT2D eigenvalue weighted by molar-refractivity contribution is 6.74. The van der Waals surface area contributed by atoms with Crippen LogP contribution in [0.5, 0.6) is 0 Å². The Labute approximate surface area is 206 Å². The monoisotopic (exact) mass is 487 g/mol. The molecule has 35 heavy (non-hydrogen) atoms. The van der Waals surface area contributed by atoms with Crippen LogP contribution in [0.4, 0.5) is 5.95 Å². The number of aromatic amines is 2. The second-order valence-corrected chi connectivity index (χ2v) is 14.9. The van der Waals surface area contributed by atoms with Crippen molar-refractivity contribution in [3.8, 4) is 11.3 Å². The van der Waals surface area contributed by atoms with E-state index in [9.17, 15) is 4.79 Å². The first-order valence-electron chi connectivity index (χ1n) is 11.8. The molecule has 1 aromatic carbocycles. The maximum Gasteiger partial charge on any atom is 0.261 e. The normalized spacial score (nSPS) is 12.5. The molecule has 0 aliphatic carbocycles. The maximum absolute atomic E-state index is 12.7. The molecule has 0 spiro atoms. The van der Waals surface area contributed by atoms with Crippen LogP contribution in [0.1, 0.15) is 32.0 Å². The molecule has 3 heterocycles. The minimum absolute atomic E-state index is 0.156. The van der Waals surface area contributed by atoms with Crippen LogP contribution in [-0.4, -0.2) is 41.4 Å². The fourth-order valence-corrected chi connectivity index (χ4v) is 4.45. The summed E-state index contributed by atoms with van der Waals surface area (Å²) in [6.07, 6.45) is 5.76. The van der Waals surface area contributed by atoms with E-state index in [4.69, 9.17) is 4.43 Å². The summed E-state index contributed by atoms with van der Waals surface area (Å²) in [6.45, 7) is 12.2. The lowest BCUT2D eigenvalue weighted by molar-refractivity contribution is 0.301. The molecule has 0 bridgehead atoms. The summed E-state index contributed by atoms with van der Waals surface area (Å²) in [7, 11) is -1.81. The van der Waals surface area contributed by atoms with Gasteiger partial charge in [0.15, 0.2) is 8.32 Å². The van der Waals surface area contributed by atoms with Gasteiger partial charge in [0.05, 0.1) is 17.7 Å². The third-order valence-corrected chi connectivity index (χ3v) is 11.0. The third kappa shape index (κ3) is 5.96. The molecule has 182 valence electrons. The quantitative estimate of drug-likeness (QED) is 0.212. The first-order valence-corrected chi connectivity index (χ1v) is 14.7. The van der Waals surface area contributed by atoms with E-state index in [0.717, 1.165) is 22.5 Å². The van der Waals surface area contributed by atoms with Crippen LogP contribution in [0.3, 0.4) is 0 Å². The minimum Gasteiger partial charge on any atom is -0.415 e. The molecule has 3 aromatic heterocycles. The van der Waals surface area contributed by atoms with Crippen LogP contribution in [0, 0.1) is 0 Å². The van der Waals surface area contributed by atoms with Crippen LogP contribution in [0.25, 0.3) is 34.4 Å². The lowest BCUT2D eigenvalue weighted by Crippen LogP contribution is -2.41. The minimum atomic E-state index is -1.81. The van der Waals surface area contributed by atoms with E-state index in [0.29, 0.717) is 30.1 Å². The van der Waals surface area contributed by atoms with E-state index in [1.165, 1.54) is 0 Å². The Kier molecular flexibility index (Phi) is 7.04. The Morgan fingerprint density at radius 3 is 2.57 bits per heavy atom. The Morgan fingerprint density at radius 1 is 1.06 bits per heavy atom. The number of aromatic nitrogens is 4. The van der Waals surface area contributed by atoms with Crippen molar-refractivity contribution in [2.45, 2.75) is 38.9 Å². The zero-order chi connectivity index (χ0) is 25.1. The Bertz CT molecular complexity index is 1380. The van der Waals surface area contributed by atoms with E-state index in [1.807, 2.05) is 60.7 Å². The molecule has 8 heteroatoms. The number of pyridine rings is 1. The number of nitrogens with one attached hydrogen (secondary N) is 3. The van der Waals surface area contributed by atoms with Gasteiger partial charge >= 0.3 is 0 Å². The van der Waals surface area contributed by atoms with Gasteiger partial charge in [-0.05, 0) is 48.0 Å². The van der Waals surface area contributed by atoms with Crippen molar-refractivity contribution in [3.05, 3.63) is 76.3 Å². The number of anilines is 1. The molecule has 4 rings (SSSR count). The number of benzene rings is 1. The average Bonchev–Trinajstić information content (AvgIpc) is 3.26. The summed E-state index contributed by atoms with van der Waals surface area (Å²) < 4.78 is 6.19.